The monoisotopic (exact) mass is 620 g/mol. The third-order valence-electron chi connectivity index (χ3n) is 5.85. The van der Waals surface area contributed by atoms with E-state index in [0.717, 1.165) is 0 Å². The molecular weight excluding hydrogens is 602 g/mol. The van der Waals surface area contributed by atoms with Crippen molar-refractivity contribution >= 4 is 98.6 Å². The molecule has 0 aliphatic heterocycles. The minimum Gasteiger partial charge on any atom is -0.870 e. The van der Waals surface area contributed by atoms with Crippen molar-refractivity contribution in [1.82, 2.24) is 9.97 Å². The van der Waals surface area contributed by atoms with E-state index in [1.807, 2.05) is 0 Å². The topological polar surface area (TPSA) is 300 Å². The van der Waals surface area contributed by atoms with Crippen molar-refractivity contribution in [1.29, 1.82) is 0 Å². The first-order chi connectivity index (χ1) is 15.8. The average molecular weight is 620 g/mol. The minimum absolute atomic E-state index is 0. The van der Waals surface area contributed by atoms with Crippen molar-refractivity contribution in [2.24, 2.45) is 0 Å². The summed E-state index contributed by atoms with van der Waals surface area (Å²) in [5, 5.41) is -0.566. The molecule has 0 atom stereocenters. The van der Waals surface area contributed by atoms with Crippen LogP contribution in [0.25, 0.3) is 43.6 Å². The molecule has 14 nitrogen and oxygen atoms in total. The molecule has 0 spiro atoms. The van der Waals surface area contributed by atoms with Crippen LogP contribution in [0.2, 0.25) is 0 Å². The molecule has 0 saturated heterocycles. The smallest absolute Gasteiger partial charge is 0.870 e. The van der Waals surface area contributed by atoms with Gasteiger partial charge in [0, 0.05) is 10.8 Å². The predicted molar refractivity (Wildman–Crippen MR) is 142 cm³/mol. The number of H-pyrrole nitrogens is 2. The van der Waals surface area contributed by atoms with Gasteiger partial charge in [0.05, 0.1) is 42.6 Å². The third kappa shape index (κ3) is 5.99. The Morgan fingerprint density at radius 1 is 0.575 bits per heavy atom. The average Bonchev–Trinajstić information content (AvgIpc) is 2.72. The maximum atomic E-state index is 13.3. The predicted octanol–water partition coefficient (Wildman–Crippen LogP) is 0.632. The molecule has 0 aliphatic carbocycles. The second-order valence-corrected chi connectivity index (χ2v) is 10.7. The second-order valence-electron chi connectivity index (χ2n) is 8.03. The fourth-order valence-corrected chi connectivity index (χ4v) is 6.25. The van der Waals surface area contributed by atoms with Crippen LogP contribution in [-0.4, -0.2) is 92.5 Å². The molecule has 0 saturated carbocycles. The van der Waals surface area contributed by atoms with E-state index in [2.05, 4.69) is 9.97 Å². The summed E-state index contributed by atoms with van der Waals surface area (Å²) in [4.78, 5) is 31.1. The summed E-state index contributed by atoms with van der Waals surface area (Å²) in [5.74, 6) is 0. The van der Waals surface area contributed by atoms with Crippen LogP contribution in [0.5, 0.6) is 0 Å². The van der Waals surface area contributed by atoms with E-state index in [4.69, 9.17) is 0 Å². The van der Waals surface area contributed by atoms with Crippen LogP contribution in [-0.2, 0) is 20.2 Å². The summed E-state index contributed by atoms with van der Waals surface area (Å²) in [6.45, 7) is 2.81. The second kappa shape index (κ2) is 12.9. The van der Waals surface area contributed by atoms with E-state index in [9.17, 15) is 35.5 Å². The summed E-state index contributed by atoms with van der Waals surface area (Å²) in [6.07, 6.45) is 0. The van der Waals surface area contributed by atoms with E-state index in [0.29, 0.717) is 0 Å². The van der Waals surface area contributed by atoms with E-state index in [1.54, 1.807) is 0 Å². The summed E-state index contributed by atoms with van der Waals surface area (Å²) in [5.41, 5.74) is -0.740. The zero-order valence-corrected chi connectivity index (χ0v) is 24.4. The Labute approximate surface area is 247 Å². The largest absolute Gasteiger partial charge is 3.00 e. The molecule has 0 aliphatic rings. The summed E-state index contributed by atoms with van der Waals surface area (Å²) >= 11 is 0. The van der Waals surface area contributed by atoms with Crippen molar-refractivity contribution in [3.63, 3.8) is 0 Å². The van der Waals surface area contributed by atoms with Crippen molar-refractivity contribution in [2.45, 2.75) is 23.6 Å². The van der Waals surface area contributed by atoms with Crippen LogP contribution in [0, 0.1) is 13.8 Å². The van der Waals surface area contributed by atoms with Gasteiger partial charge in [0.15, 0.2) is 10.9 Å². The standard InChI is InChI=1S/C22H16N2O8S2.2Al.4H2O/c1-9-3-5-13-17(21(9)33(27,28)29)19(25)11-7-16-12(8-15(11)23-13)20(26)18-14(24-16)6-4-10(2)22(18)34(30,31)32;;;;;;/h3-8H,1-2H3,(H,23,25)(H,24,26)(H,27,28,29)(H,30,31,32);;;4*1H2/q;2*+3;;;;/p-6. The van der Waals surface area contributed by atoms with E-state index in [-0.39, 0.29) is 111 Å². The Hall–Kier alpha value is -2.68. The zero-order chi connectivity index (χ0) is 24.7. The fraction of sp³-hybridized carbons (Fsp3) is 0.0909. The molecule has 3 aromatic carbocycles. The molecule has 0 unspecified atom stereocenters. The number of fused-ring (bicyclic) bond motifs is 4. The fourth-order valence-electron chi connectivity index (χ4n) is 4.42. The molecule has 0 radical (unpaired) electrons. The molecule has 2 heterocycles. The molecule has 0 bridgehead atoms. The number of nitrogens with one attached hydrogen (secondary N) is 2. The Bertz CT molecular complexity index is 1940. The maximum Gasteiger partial charge on any atom is 3.00 e. The van der Waals surface area contributed by atoms with Gasteiger partial charge in [-0.3, -0.25) is 9.59 Å². The Balaban J connectivity index is 0. The van der Waals surface area contributed by atoms with Gasteiger partial charge in [0.2, 0.25) is 0 Å². The number of rotatable bonds is 2. The van der Waals surface area contributed by atoms with Crippen molar-refractivity contribution in [3.8, 4) is 0 Å². The van der Waals surface area contributed by atoms with Crippen molar-refractivity contribution in [3.05, 3.63) is 68.0 Å². The van der Waals surface area contributed by atoms with Gasteiger partial charge in [-0.15, -0.1) is 0 Å². The van der Waals surface area contributed by atoms with E-state index in [1.165, 1.54) is 50.2 Å². The Morgan fingerprint density at radius 3 is 1.15 bits per heavy atom. The van der Waals surface area contributed by atoms with Crippen LogP contribution >= 0.6 is 0 Å². The van der Waals surface area contributed by atoms with Gasteiger partial charge in [-0.2, -0.15) is 0 Å². The maximum absolute atomic E-state index is 13.3. The molecule has 0 fully saturated rings. The van der Waals surface area contributed by atoms with Gasteiger partial charge in [-0.25, -0.2) is 16.8 Å². The van der Waals surface area contributed by atoms with Gasteiger partial charge < -0.3 is 41.0 Å². The molecule has 0 amide bonds. The Morgan fingerprint density at radius 2 is 0.875 bits per heavy atom. The number of hydrogen-bond donors (Lipinski definition) is 2. The normalized spacial score (nSPS) is 10.9. The molecule has 206 valence electrons. The van der Waals surface area contributed by atoms with Crippen molar-refractivity contribution < 1.29 is 47.8 Å². The van der Waals surface area contributed by atoms with E-state index >= 15 is 0 Å². The minimum atomic E-state index is -4.97. The van der Waals surface area contributed by atoms with Crippen LogP contribution in [0.15, 0.2) is 55.8 Å². The molecule has 6 N–H and O–H groups in total. The van der Waals surface area contributed by atoms with Crippen LogP contribution in [0.1, 0.15) is 11.1 Å². The van der Waals surface area contributed by atoms with Crippen molar-refractivity contribution in [2.75, 3.05) is 0 Å². The van der Waals surface area contributed by atoms with Crippen LogP contribution < -0.4 is 10.9 Å². The molecular formula is C22H18Al2N2O12S2. The quantitative estimate of drug-likeness (QED) is 0.156. The van der Waals surface area contributed by atoms with Crippen LogP contribution in [0.4, 0.5) is 0 Å². The third-order valence-corrected chi connectivity index (χ3v) is 7.90. The van der Waals surface area contributed by atoms with Gasteiger partial charge in [0.25, 0.3) is 0 Å². The zero-order valence-electron chi connectivity index (χ0n) is 20.5. The number of benzene rings is 3. The first kappa shape index (κ1) is 39.5. The summed E-state index contributed by atoms with van der Waals surface area (Å²) in [7, 11) is -9.93. The summed E-state index contributed by atoms with van der Waals surface area (Å²) in [6, 6.07) is 8.28. The molecule has 18 heteroatoms. The molecule has 40 heavy (non-hydrogen) atoms. The number of aromatic amines is 2. The first-order valence-corrected chi connectivity index (χ1v) is 12.6. The van der Waals surface area contributed by atoms with E-state index < -0.39 is 40.9 Å². The number of hydrogen-bond acceptors (Lipinski definition) is 12. The number of aryl methyl sites for hydroxylation is 2. The number of pyridine rings is 2. The molecule has 5 aromatic rings. The molecule has 5 rings (SSSR count). The van der Waals surface area contributed by atoms with Gasteiger partial charge in [-0.05, 0) is 49.2 Å². The Kier molecular flexibility index (Phi) is 12.7. The first-order valence-electron chi connectivity index (χ1n) is 9.79. The van der Waals surface area contributed by atoms with Gasteiger partial charge in [0.1, 0.15) is 20.2 Å². The van der Waals surface area contributed by atoms with Gasteiger partial charge in [-0.1, -0.05) is 12.1 Å². The SMILES string of the molecule is Cc1ccc2[nH]c3cc4c(=O)c5c(S(=O)(=O)[O-])c(C)ccc5[nH]c4cc3c(=O)c2c1S(=O)(=O)[O-].[Al+3].[Al+3].[OH-].[OH-].[OH-].[OH-]. The van der Waals surface area contributed by atoms with Crippen LogP contribution in [0.3, 0.4) is 0 Å². The number of aromatic nitrogens is 2. The van der Waals surface area contributed by atoms with Gasteiger partial charge >= 0.3 is 34.7 Å². The summed E-state index contributed by atoms with van der Waals surface area (Å²) < 4.78 is 71.2. The molecule has 2 aromatic heterocycles.